The second-order valence-electron chi connectivity index (χ2n) is 6.90. The number of hydrogen-bond donors (Lipinski definition) is 1. The van der Waals surface area contributed by atoms with Gasteiger partial charge in [0.05, 0.1) is 26.5 Å². The van der Waals surface area contributed by atoms with Gasteiger partial charge in [0, 0.05) is 24.9 Å². The molecule has 0 radical (unpaired) electrons. The molecular formula is C23H26N4O5. The predicted molar refractivity (Wildman–Crippen MR) is 118 cm³/mol. The fraction of sp³-hybridized carbons (Fsp3) is 0.304. The number of rotatable bonds is 10. The Morgan fingerprint density at radius 1 is 1.06 bits per heavy atom. The summed E-state index contributed by atoms with van der Waals surface area (Å²) in [5, 5.41) is 6.75. The zero-order valence-electron chi connectivity index (χ0n) is 18.3. The second-order valence-corrected chi connectivity index (χ2v) is 6.90. The summed E-state index contributed by atoms with van der Waals surface area (Å²) in [6.45, 7) is 2.16. The molecule has 0 saturated carbocycles. The van der Waals surface area contributed by atoms with E-state index in [2.05, 4.69) is 15.5 Å². The lowest BCUT2D eigenvalue weighted by molar-refractivity contribution is -0.134. The molecule has 0 unspecified atom stereocenters. The fourth-order valence-corrected chi connectivity index (χ4v) is 3.07. The second kappa shape index (κ2) is 10.9. The highest BCUT2D eigenvalue weighted by molar-refractivity contribution is 5.95. The number of carbonyl (C=O) groups is 2. The number of methoxy groups -OCH3 is 2. The number of anilines is 1. The number of ether oxygens (including phenoxy) is 2. The molecule has 9 nitrogen and oxygen atoms in total. The minimum Gasteiger partial charge on any atom is -0.497 e. The third-order valence-electron chi connectivity index (χ3n) is 4.82. The highest BCUT2D eigenvalue weighted by atomic mass is 16.5. The van der Waals surface area contributed by atoms with E-state index < -0.39 is 0 Å². The monoisotopic (exact) mass is 438 g/mol. The number of para-hydroxylation sites is 2. The van der Waals surface area contributed by atoms with Gasteiger partial charge in [0.15, 0.2) is 0 Å². The van der Waals surface area contributed by atoms with Crippen LogP contribution in [0, 0.1) is 0 Å². The van der Waals surface area contributed by atoms with Gasteiger partial charge in [0.2, 0.25) is 23.5 Å². The summed E-state index contributed by atoms with van der Waals surface area (Å²) >= 11 is 0. The van der Waals surface area contributed by atoms with E-state index in [1.807, 2.05) is 37.3 Å². The molecule has 0 aliphatic heterocycles. The third kappa shape index (κ3) is 5.84. The van der Waals surface area contributed by atoms with Crippen LogP contribution in [-0.2, 0) is 16.0 Å². The molecule has 9 heteroatoms. The van der Waals surface area contributed by atoms with E-state index in [1.54, 1.807) is 25.3 Å². The van der Waals surface area contributed by atoms with E-state index in [0.717, 1.165) is 11.3 Å². The number of likely N-dealkylation sites (N-methyl/N-ethyl adjacent to an activating group) is 1. The normalized spacial score (nSPS) is 10.5. The van der Waals surface area contributed by atoms with Crippen LogP contribution in [0.2, 0.25) is 0 Å². The van der Waals surface area contributed by atoms with Crippen molar-refractivity contribution in [3.8, 4) is 22.9 Å². The summed E-state index contributed by atoms with van der Waals surface area (Å²) in [5.74, 6) is 1.62. The molecule has 2 amide bonds. The van der Waals surface area contributed by atoms with Gasteiger partial charge < -0.3 is 24.2 Å². The molecule has 0 fully saturated rings. The first-order valence-corrected chi connectivity index (χ1v) is 10.2. The first-order chi connectivity index (χ1) is 15.5. The number of carbonyl (C=O) groups excluding carboxylic acids is 2. The van der Waals surface area contributed by atoms with Crippen molar-refractivity contribution < 1.29 is 23.6 Å². The molecule has 1 heterocycles. The van der Waals surface area contributed by atoms with E-state index in [0.29, 0.717) is 29.7 Å². The molecule has 3 rings (SSSR count). The van der Waals surface area contributed by atoms with Crippen molar-refractivity contribution >= 4 is 17.5 Å². The molecule has 3 aromatic rings. The first kappa shape index (κ1) is 22.8. The van der Waals surface area contributed by atoms with Gasteiger partial charge in [-0.2, -0.15) is 4.98 Å². The quantitative estimate of drug-likeness (QED) is 0.518. The van der Waals surface area contributed by atoms with Crippen molar-refractivity contribution in [3.63, 3.8) is 0 Å². The summed E-state index contributed by atoms with van der Waals surface area (Å²) in [7, 11) is 3.13. The van der Waals surface area contributed by atoms with Crippen molar-refractivity contribution in [1.29, 1.82) is 0 Å². The molecular weight excluding hydrogens is 412 g/mol. The van der Waals surface area contributed by atoms with Crippen LogP contribution in [0.25, 0.3) is 11.4 Å². The van der Waals surface area contributed by atoms with Crippen molar-refractivity contribution in [2.24, 2.45) is 0 Å². The van der Waals surface area contributed by atoms with E-state index in [1.165, 1.54) is 12.0 Å². The Hall–Kier alpha value is -3.88. The summed E-state index contributed by atoms with van der Waals surface area (Å²) in [6, 6.07) is 14.4. The molecule has 0 bridgehead atoms. The zero-order chi connectivity index (χ0) is 22.9. The third-order valence-corrected chi connectivity index (χ3v) is 4.82. The van der Waals surface area contributed by atoms with Crippen LogP contribution >= 0.6 is 0 Å². The molecule has 1 aromatic heterocycles. The van der Waals surface area contributed by atoms with E-state index in [4.69, 9.17) is 14.0 Å². The Morgan fingerprint density at radius 3 is 2.50 bits per heavy atom. The van der Waals surface area contributed by atoms with Crippen LogP contribution < -0.4 is 14.8 Å². The lowest BCUT2D eigenvalue weighted by atomic mass is 10.2. The maximum absolute atomic E-state index is 12.6. The Balaban J connectivity index is 1.53. The Morgan fingerprint density at radius 2 is 1.81 bits per heavy atom. The van der Waals surface area contributed by atoms with Gasteiger partial charge in [-0.15, -0.1) is 0 Å². The maximum Gasteiger partial charge on any atom is 0.244 e. The summed E-state index contributed by atoms with van der Waals surface area (Å²) in [4.78, 5) is 30.9. The van der Waals surface area contributed by atoms with Gasteiger partial charge in [-0.1, -0.05) is 17.3 Å². The van der Waals surface area contributed by atoms with Gasteiger partial charge >= 0.3 is 0 Å². The number of nitrogens with one attached hydrogen (secondary N) is 1. The van der Waals surface area contributed by atoms with Crippen molar-refractivity contribution in [2.45, 2.75) is 19.8 Å². The average Bonchev–Trinajstić information content (AvgIpc) is 3.30. The summed E-state index contributed by atoms with van der Waals surface area (Å²) < 4.78 is 15.6. The molecule has 0 aliphatic carbocycles. The molecule has 168 valence electrons. The minimum atomic E-state index is -0.302. The largest absolute Gasteiger partial charge is 0.497 e. The van der Waals surface area contributed by atoms with Gasteiger partial charge in [-0.3, -0.25) is 9.59 Å². The Bertz CT molecular complexity index is 1050. The molecule has 0 aliphatic rings. The first-order valence-electron chi connectivity index (χ1n) is 10.2. The van der Waals surface area contributed by atoms with Gasteiger partial charge in [0.25, 0.3) is 0 Å². The van der Waals surface area contributed by atoms with Crippen LogP contribution in [0.1, 0.15) is 19.2 Å². The molecule has 32 heavy (non-hydrogen) atoms. The number of benzene rings is 2. The number of nitrogens with zero attached hydrogens (tertiary/aromatic N) is 3. The van der Waals surface area contributed by atoms with Crippen molar-refractivity contribution in [1.82, 2.24) is 15.0 Å². The molecule has 0 atom stereocenters. The molecule has 1 N–H and O–H groups in total. The summed E-state index contributed by atoms with van der Waals surface area (Å²) in [6.07, 6.45) is 0.437. The SMILES string of the molecule is CCN(CC(=O)Nc1ccccc1OC)C(=O)CCc1nc(-c2ccc(OC)cc2)no1. The van der Waals surface area contributed by atoms with Crippen LogP contribution in [0.3, 0.4) is 0 Å². The van der Waals surface area contributed by atoms with E-state index in [-0.39, 0.29) is 31.2 Å². The zero-order valence-corrected chi connectivity index (χ0v) is 18.3. The van der Waals surface area contributed by atoms with E-state index in [9.17, 15) is 9.59 Å². The number of hydrogen-bond acceptors (Lipinski definition) is 7. The van der Waals surface area contributed by atoms with Crippen LogP contribution in [0.15, 0.2) is 53.1 Å². The van der Waals surface area contributed by atoms with Gasteiger partial charge in [0.1, 0.15) is 11.5 Å². The lowest BCUT2D eigenvalue weighted by Crippen LogP contribution is -2.38. The number of aromatic nitrogens is 2. The smallest absolute Gasteiger partial charge is 0.244 e. The number of amides is 2. The topological polar surface area (TPSA) is 107 Å². The highest BCUT2D eigenvalue weighted by Crippen LogP contribution is 2.23. The molecule has 0 spiro atoms. The highest BCUT2D eigenvalue weighted by Gasteiger charge is 2.18. The van der Waals surface area contributed by atoms with Crippen LogP contribution in [0.5, 0.6) is 11.5 Å². The summed E-state index contributed by atoms with van der Waals surface area (Å²) in [5.41, 5.74) is 1.34. The van der Waals surface area contributed by atoms with Gasteiger partial charge in [-0.25, -0.2) is 0 Å². The fourth-order valence-electron chi connectivity index (χ4n) is 3.07. The predicted octanol–water partition coefficient (Wildman–Crippen LogP) is 3.17. The Labute approximate surface area is 186 Å². The Kier molecular flexibility index (Phi) is 7.80. The average molecular weight is 438 g/mol. The standard InChI is InChI=1S/C23H26N4O5/c1-4-27(15-20(28)24-18-7-5-6-8-19(18)31-3)22(29)14-13-21-25-23(26-32-21)16-9-11-17(30-2)12-10-16/h5-12H,4,13-15H2,1-3H3,(H,24,28). The van der Waals surface area contributed by atoms with E-state index >= 15 is 0 Å². The minimum absolute atomic E-state index is 0.0612. The van der Waals surface area contributed by atoms with Crippen molar-refractivity contribution in [3.05, 3.63) is 54.4 Å². The van der Waals surface area contributed by atoms with Crippen LogP contribution in [-0.4, -0.2) is 54.2 Å². The van der Waals surface area contributed by atoms with Crippen LogP contribution in [0.4, 0.5) is 5.69 Å². The molecule has 0 saturated heterocycles. The number of aryl methyl sites for hydroxylation is 1. The van der Waals surface area contributed by atoms with Gasteiger partial charge in [-0.05, 0) is 43.3 Å². The van der Waals surface area contributed by atoms with Crippen molar-refractivity contribution in [2.75, 3.05) is 32.6 Å². The molecule has 2 aromatic carbocycles. The lowest BCUT2D eigenvalue weighted by Gasteiger charge is -2.20. The maximum atomic E-state index is 12.6.